The predicted molar refractivity (Wildman–Crippen MR) is 70.0 cm³/mol. The minimum absolute atomic E-state index is 0.00493. The van der Waals surface area contributed by atoms with Crippen molar-refractivity contribution >= 4 is 5.71 Å². The summed E-state index contributed by atoms with van der Waals surface area (Å²) < 4.78 is 39.4. The number of ether oxygens (including phenoxy) is 3. The summed E-state index contributed by atoms with van der Waals surface area (Å²) in [5.74, 6) is 0.230. The van der Waals surface area contributed by atoms with E-state index in [2.05, 4.69) is 9.89 Å². The molecular formula is C14H15F2NO4. The van der Waals surface area contributed by atoms with Crippen LogP contribution in [0.3, 0.4) is 0 Å². The molecule has 3 rings (SSSR count). The van der Waals surface area contributed by atoms with E-state index in [1.54, 1.807) is 12.1 Å². The van der Waals surface area contributed by atoms with Crippen LogP contribution in [0.4, 0.5) is 8.78 Å². The Kier molecular flexibility index (Phi) is 3.67. The van der Waals surface area contributed by atoms with Crippen LogP contribution in [0.15, 0.2) is 23.4 Å². The van der Waals surface area contributed by atoms with Gasteiger partial charge >= 0.3 is 6.61 Å². The third kappa shape index (κ3) is 2.78. The minimum atomic E-state index is -2.89. The Balaban J connectivity index is 1.80. The number of halogens is 2. The fourth-order valence-electron chi connectivity index (χ4n) is 2.52. The van der Waals surface area contributed by atoms with E-state index in [0.29, 0.717) is 19.6 Å². The summed E-state index contributed by atoms with van der Waals surface area (Å²) in [6, 6.07) is 4.73. The summed E-state index contributed by atoms with van der Waals surface area (Å²) in [5.41, 5.74) is 1.14. The lowest BCUT2D eigenvalue weighted by Gasteiger charge is -2.17. The lowest BCUT2D eigenvalue weighted by Crippen LogP contribution is -2.29. The summed E-state index contributed by atoms with van der Waals surface area (Å²) in [6.45, 7) is -1.72. The van der Waals surface area contributed by atoms with Crippen molar-refractivity contribution in [1.29, 1.82) is 0 Å². The molecule has 114 valence electrons. The Bertz CT molecular complexity index is 556. The first kappa shape index (κ1) is 14.1. The van der Waals surface area contributed by atoms with Crippen molar-refractivity contribution in [3.05, 3.63) is 23.8 Å². The standard InChI is InChI=1S/C14H15F2NO4/c1-18-12-6-9(2-3-11(12)20-13(15)16)10-7-14(21-17-10)4-5-19-8-14/h2-3,6,13H,4-5,7-8H2,1H3/t14-/m0/s1. The third-order valence-electron chi connectivity index (χ3n) is 3.62. The van der Waals surface area contributed by atoms with Gasteiger partial charge in [0, 0.05) is 18.4 Å². The van der Waals surface area contributed by atoms with Gasteiger partial charge in [-0.05, 0) is 18.2 Å². The molecule has 1 spiro atoms. The van der Waals surface area contributed by atoms with E-state index in [9.17, 15) is 8.78 Å². The Morgan fingerprint density at radius 1 is 1.33 bits per heavy atom. The van der Waals surface area contributed by atoms with Crippen molar-refractivity contribution in [2.45, 2.75) is 25.1 Å². The van der Waals surface area contributed by atoms with Gasteiger partial charge in [0.15, 0.2) is 17.1 Å². The van der Waals surface area contributed by atoms with Crippen LogP contribution in [0, 0.1) is 0 Å². The molecule has 0 unspecified atom stereocenters. The monoisotopic (exact) mass is 299 g/mol. The van der Waals surface area contributed by atoms with E-state index in [4.69, 9.17) is 14.3 Å². The summed E-state index contributed by atoms with van der Waals surface area (Å²) in [5, 5.41) is 4.10. The van der Waals surface area contributed by atoms with Gasteiger partial charge in [-0.1, -0.05) is 5.16 Å². The number of hydrogen-bond acceptors (Lipinski definition) is 5. The maximum Gasteiger partial charge on any atom is 0.387 e. The second kappa shape index (κ2) is 5.48. The van der Waals surface area contributed by atoms with Crippen LogP contribution in [0.2, 0.25) is 0 Å². The van der Waals surface area contributed by atoms with E-state index >= 15 is 0 Å². The van der Waals surface area contributed by atoms with Crippen molar-refractivity contribution in [3.63, 3.8) is 0 Å². The molecule has 0 bridgehead atoms. The number of methoxy groups -OCH3 is 1. The van der Waals surface area contributed by atoms with Crippen LogP contribution in [0.1, 0.15) is 18.4 Å². The largest absolute Gasteiger partial charge is 0.493 e. The third-order valence-corrected chi connectivity index (χ3v) is 3.62. The van der Waals surface area contributed by atoms with Crippen LogP contribution >= 0.6 is 0 Å². The molecule has 1 fully saturated rings. The number of benzene rings is 1. The van der Waals surface area contributed by atoms with Crippen LogP contribution in [-0.2, 0) is 9.57 Å². The molecule has 0 aromatic heterocycles. The number of oxime groups is 1. The van der Waals surface area contributed by atoms with E-state index < -0.39 is 6.61 Å². The highest BCUT2D eigenvalue weighted by Crippen LogP contribution is 2.36. The van der Waals surface area contributed by atoms with Crippen molar-refractivity contribution < 1.29 is 27.8 Å². The lowest BCUT2D eigenvalue weighted by molar-refractivity contribution is -0.0512. The zero-order valence-electron chi connectivity index (χ0n) is 11.5. The SMILES string of the molecule is COc1cc(C2=NO[C@@]3(CCOC3)C2)ccc1OC(F)F. The molecule has 21 heavy (non-hydrogen) atoms. The van der Waals surface area contributed by atoms with Crippen LogP contribution in [-0.4, -0.2) is 38.2 Å². The Morgan fingerprint density at radius 3 is 2.86 bits per heavy atom. The van der Waals surface area contributed by atoms with Crippen LogP contribution in [0.5, 0.6) is 11.5 Å². The quantitative estimate of drug-likeness (QED) is 0.857. The van der Waals surface area contributed by atoms with Gasteiger partial charge in [-0.25, -0.2) is 0 Å². The highest BCUT2D eigenvalue weighted by atomic mass is 19.3. The van der Waals surface area contributed by atoms with Gasteiger partial charge in [-0.15, -0.1) is 0 Å². The van der Waals surface area contributed by atoms with Gasteiger partial charge in [-0.2, -0.15) is 8.78 Å². The van der Waals surface area contributed by atoms with Gasteiger partial charge in [-0.3, -0.25) is 0 Å². The van der Waals surface area contributed by atoms with Crippen molar-refractivity contribution in [2.24, 2.45) is 5.16 Å². The number of hydrogen-bond donors (Lipinski definition) is 0. The molecular weight excluding hydrogens is 284 g/mol. The van der Waals surface area contributed by atoms with Crippen LogP contribution in [0.25, 0.3) is 0 Å². The molecule has 0 aliphatic carbocycles. The molecule has 1 atom stereocenters. The molecule has 2 aliphatic rings. The first-order valence-electron chi connectivity index (χ1n) is 6.58. The molecule has 0 amide bonds. The Morgan fingerprint density at radius 2 is 2.19 bits per heavy atom. The van der Waals surface area contributed by atoms with E-state index in [1.165, 1.54) is 13.2 Å². The highest BCUT2D eigenvalue weighted by Gasteiger charge is 2.43. The highest BCUT2D eigenvalue weighted by molar-refractivity contribution is 6.02. The zero-order chi connectivity index (χ0) is 14.9. The predicted octanol–water partition coefficient (Wildman–Crippen LogP) is 2.58. The molecule has 0 N–H and O–H groups in total. The summed E-state index contributed by atoms with van der Waals surface area (Å²) >= 11 is 0. The Labute approximate surface area is 120 Å². The number of alkyl halides is 2. The van der Waals surface area contributed by atoms with Gasteiger partial charge in [0.2, 0.25) is 0 Å². The molecule has 5 nitrogen and oxygen atoms in total. The fourth-order valence-corrected chi connectivity index (χ4v) is 2.52. The van der Waals surface area contributed by atoms with Crippen LogP contribution < -0.4 is 9.47 Å². The Hall–Kier alpha value is -1.89. The summed E-state index contributed by atoms with van der Waals surface area (Å²) in [7, 11) is 1.40. The second-order valence-electron chi connectivity index (χ2n) is 5.04. The summed E-state index contributed by atoms with van der Waals surface area (Å²) in [6.07, 6.45) is 1.43. The molecule has 2 heterocycles. The first-order chi connectivity index (χ1) is 10.1. The molecule has 1 aromatic rings. The molecule has 2 aliphatic heterocycles. The minimum Gasteiger partial charge on any atom is -0.493 e. The first-order valence-corrected chi connectivity index (χ1v) is 6.58. The summed E-state index contributed by atoms with van der Waals surface area (Å²) in [4.78, 5) is 5.51. The fraction of sp³-hybridized carbons (Fsp3) is 0.500. The molecule has 7 heteroatoms. The number of nitrogens with zero attached hydrogens (tertiary/aromatic N) is 1. The zero-order valence-corrected chi connectivity index (χ0v) is 11.5. The van der Waals surface area contributed by atoms with Crippen molar-refractivity contribution in [2.75, 3.05) is 20.3 Å². The normalized spacial score (nSPS) is 24.3. The van der Waals surface area contributed by atoms with Gasteiger partial charge in [0.25, 0.3) is 0 Å². The topological polar surface area (TPSA) is 49.3 Å². The smallest absolute Gasteiger partial charge is 0.387 e. The van der Waals surface area contributed by atoms with Crippen molar-refractivity contribution in [1.82, 2.24) is 0 Å². The van der Waals surface area contributed by atoms with E-state index in [-0.39, 0.29) is 17.1 Å². The maximum absolute atomic E-state index is 12.3. The van der Waals surface area contributed by atoms with Gasteiger partial charge in [0.05, 0.1) is 26.0 Å². The molecule has 0 radical (unpaired) electrons. The average Bonchev–Trinajstić information content (AvgIpc) is 3.09. The van der Waals surface area contributed by atoms with Gasteiger partial charge in [0.1, 0.15) is 0 Å². The van der Waals surface area contributed by atoms with Crippen molar-refractivity contribution in [3.8, 4) is 11.5 Å². The van der Waals surface area contributed by atoms with E-state index in [1.807, 2.05) is 0 Å². The second-order valence-corrected chi connectivity index (χ2v) is 5.04. The lowest BCUT2D eigenvalue weighted by atomic mass is 9.93. The molecule has 1 saturated heterocycles. The maximum atomic E-state index is 12.3. The number of rotatable bonds is 4. The van der Waals surface area contributed by atoms with Gasteiger partial charge < -0.3 is 19.0 Å². The molecule has 0 saturated carbocycles. The average molecular weight is 299 g/mol. The molecule has 1 aromatic carbocycles. The van der Waals surface area contributed by atoms with E-state index in [0.717, 1.165) is 17.7 Å².